The smallest absolute Gasteiger partial charge is 0.324 e. The van der Waals surface area contributed by atoms with Gasteiger partial charge in [-0.05, 0) is 106 Å². The Labute approximate surface area is 373 Å². The molecule has 0 amide bonds. The summed E-state index contributed by atoms with van der Waals surface area (Å²) in [5.41, 5.74) is 1.47. The maximum atomic E-state index is 15.4. The lowest BCUT2D eigenvalue weighted by atomic mass is 9.55. The van der Waals surface area contributed by atoms with Gasteiger partial charge < -0.3 is 31.9 Å². The lowest BCUT2D eigenvalue weighted by molar-refractivity contribution is -0.192. The van der Waals surface area contributed by atoms with Crippen molar-refractivity contribution < 1.29 is 41.5 Å². The van der Waals surface area contributed by atoms with E-state index in [1.807, 2.05) is 19.1 Å². The minimum absolute atomic E-state index is 0.143. The van der Waals surface area contributed by atoms with Crippen molar-refractivity contribution in [1.29, 1.82) is 0 Å². The SMILES string of the molecule is COC1=C(C(=O)O[Si](C(C)C)(C(C)C)C(C)C)[C@H](C)[C@@]23O[C@]24C2=CC(=O)C5C(C2=N[C@H]3C#C/C=C\C#C[C@H]14)[C@H]1OC5(O[Si](C)(C)C)c2c(O[Si](C)(C)C)ccc(O[Si](C)(C)C)c21. The van der Waals surface area contributed by atoms with Gasteiger partial charge >= 0.3 is 5.97 Å². The van der Waals surface area contributed by atoms with E-state index < -0.39 is 92.0 Å². The first kappa shape index (κ1) is 45.1. The third-order valence-electron chi connectivity index (χ3n) is 13.7. The van der Waals surface area contributed by atoms with Crippen LogP contribution in [0.15, 0.2) is 52.3 Å². The first-order valence-electron chi connectivity index (χ1n) is 22.4. The number of carbonyl (C=O) groups excluding carboxylic acids is 2. The Morgan fingerprint density at radius 1 is 0.839 bits per heavy atom. The fraction of sp³-hybridized carbons (Fsp3) is 0.604. The van der Waals surface area contributed by atoms with Gasteiger partial charge in [-0.25, -0.2) is 4.79 Å². The zero-order chi connectivity index (χ0) is 45.5. The Kier molecular flexibility index (Phi) is 10.6. The molecular formula is C48H65NO9Si4. The third kappa shape index (κ3) is 6.36. The molecule has 9 atom stereocenters. The highest BCUT2D eigenvalue weighted by molar-refractivity contribution is 6.79. The van der Waals surface area contributed by atoms with Gasteiger partial charge in [-0.1, -0.05) is 72.1 Å². The third-order valence-corrected chi connectivity index (χ3v) is 22.3. The molecule has 4 aliphatic heterocycles. The van der Waals surface area contributed by atoms with E-state index >= 15 is 9.59 Å². The van der Waals surface area contributed by atoms with Gasteiger partial charge in [0.25, 0.3) is 8.32 Å². The molecule has 332 valence electrons. The predicted molar refractivity (Wildman–Crippen MR) is 251 cm³/mol. The summed E-state index contributed by atoms with van der Waals surface area (Å²) in [6.07, 6.45) is 4.48. The van der Waals surface area contributed by atoms with Crippen molar-refractivity contribution in [2.45, 2.75) is 153 Å². The van der Waals surface area contributed by atoms with E-state index in [2.05, 4.69) is 124 Å². The van der Waals surface area contributed by atoms with Crippen LogP contribution in [0.5, 0.6) is 11.5 Å². The van der Waals surface area contributed by atoms with E-state index in [1.54, 1.807) is 25.3 Å². The number of carbonyl (C=O) groups is 2. The number of aliphatic imine (C=N–C) groups is 1. The van der Waals surface area contributed by atoms with Crippen LogP contribution in [0.3, 0.4) is 0 Å². The van der Waals surface area contributed by atoms with Crippen LogP contribution in [-0.2, 0) is 38.4 Å². The normalized spacial score (nSPS) is 33.2. The molecule has 0 saturated carbocycles. The Bertz CT molecular complexity index is 2370. The summed E-state index contributed by atoms with van der Waals surface area (Å²) < 4.78 is 48.8. The summed E-state index contributed by atoms with van der Waals surface area (Å²) in [7, 11) is -7.92. The van der Waals surface area contributed by atoms with Crippen LogP contribution < -0.4 is 8.85 Å². The van der Waals surface area contributed by atoms with Gasteiger partial charge in [0.2, 0.25) is 22.4 Å². The van der Waals surface area contributed by atoms with Crippen LogP contribution in [0.2, 0.25) is 75.5 Å². The zero-order valence-electron chi connectivity index (χ0n) is 39.7. The maximum absolute atomic E-state index is 15.4. The summed E-state index contributed by atoms with van der Waals surface area (Å²) in [4.78, 5) is 36.0. The molecule has 2 fully saturated rings. The van der Waals surface area contributed by atoms with Crippen molar-refractivity contribution >= 4 is 50.7 Å². The summed E-state index contributed by atoms with van der Waals surface area (Å²) in [5, 5.41) is 0. The molecule has 8 rings (SSSR count). The minimum atomic E-state index is -2.69. The quantitative estimate of drug-likeness (QED) is 0.115. The number of hydrogen-bond acceptors (Lipinski definition) is 10. The lowest BCUT2D eigenvalue weighted by Gasteiger charge is -2.47. The summed E-state index contributed by atoms with van der Waals surface area (Å²) in [6.45, 7) is 34.2. The van der Waals surface area contributed by atoms with Gasteiger partial charge in [0.05, 0.1) is 30.3 Å². The average Bonchev–Trinajstić information content (AvgIpc) is 3.64. The van der Waals surface area contributed by atoms with Gasteiger partial charge in [-0.2, -0.15) is 0 Å². The van der Waals surface area contributed by atoms with Crippen LogP contribution in [0.1, 0.15) is 65.7 Å². The van der Waals surface area contributed by atoms with Crippen molar-refractivity contribution in [2.75, 3.05) is 7.11 Å². The number of ether oxygens (including phenoxy) is 3. The number of allylic oxidation sites excluding steroid dienone is 3. The van der Waals surface area contributed by atoms with Crippen LogP contribution in [0, 0.1) is 47.4 Å². The number of benzene rings is 1. The van der Waals surface area contributed by atoms with Gasteiger partial charge in [0.1, 0.15) is 40.4 Å². The average molecular weight is 912 g/mol. The highest BCUT2D eigenvalue weighted by Gasteiger charge is 2.87. The second-order valence-corrected chi connectivity index (χ2v) is 40.6. The Morgan fingerprint density at radius 3 is 1.98 bits per heavy atom. The van der Waals surface area contributed by atoms with E-state index in [0.717, 1.165) is 11.1 Å². The lowest BCUT2D eigenvalue weighted by Crippen LogP contribution is -2.59. The van der Waals surface area contributed by atoms with Crippen molar-refractivity contribution in [2.24, 2.45) is 28.7 Å². The standard InChI is InChI=1S/C48H65NO9Si4/c1-27(2)62(28(3)4,29(5)6)56-45(51)37-30(7)46-36-23-21-19-18-20-22-31(43(37)52-8)47(46,57-46)32-26-33(50)40-39(42(32)49-36)44-38-34(54-59(9,10)11)24-25-35(55-60(12,13)14)41(38)48(40,53-44)58-61(15,16)17/h18-19,24-31,36,39-40,44H,1-17H3/b19-18-/t30-,31+,36-,39?,40?,44-,46-,47+,48?/m0/s1. The van der Waals surface area contributed by atoms with E-state index in [1.165, 1.54) is 0 Å². The number of rotatable bonds is 12. The van der Waals surface area contributed by atoms with Crippen LogP contribution in [-0.4, -0.2) is 75.1 Å². The fourth-order valence-corrected chi connectivity index (χ4v) is 20.0. The minimum Gasteiger partial charge on any atom is -0.544 e. The fourth-order valence-electron chi connectivity index (χ4n) is 12.0. The number of fused-ring (bicyclic) bond motifs is 10. The second-order valence-electron chi connectivity index (χ2n) is 22.0. The Balaban J connectivity index is 1.36. The molecule has 4 heterocycles. The highest BCUT2D eigenvalue weighted by Crippen LogP contribution is 2.75. The monoisotopic (exact) mass is 911 g/mol. The molecular weight excluding hydrogens is 847 g/mol. The molecule has 3 unspecified atom stereocenters. The van der Waals surface area contributed by atoms with E-state index in [-0.39, 0.29) is 22.4 Å². The summed E-state index contributed by atoms with van der Waals surface area (Å²) >= 11 is 0. The molecule has 3 aliphatic carbocycles. The molecule has 0 radical (unpaired) electrons. The first-order valence-corrected chi connectivity index (χ1v) is 34.7. The van der Waals surface area contributed by atoms with Gasteiger partial charge in [0, 0.05) is 28.7 Å². The Morgan fingerprint density at radius 2 is 1.42 bits per heavy atom. The molecule has 1 aromatic carbocycles. The molecule has 0 aromatic heterocycles. The molecule has 0 N–H and O–H groups in total. The molecule has 14 heteroatoms. The van der Waals surface area contributed by atoms with Gasteiger partial charge in [0.15, 0.2) is 14.1 Å². The highest BCUT2D eigenvalue weighted by atomic mass is 28.4. The largest absolute Gasteiger partial charge is 0.544 e. The Hall–Kier alpha value is -3.48. The second kappa shape index (κ2) is 14.5. The topological polar surface area (TPSA) is 114 Å². The molecule has 62 heavy (non-hydrogen) atoms. The van der Waals surface area contributed by atoms with Gasteiger partial charge in [-0.3, -0.25) is 9.79 Å². The zero-order valence-corrected chi connectivity index (χ0v) is 43.7. The van der Waals surface area contributed by atoms with E-state index in [4.69, 9.17) is 36.9 Å². The molecule has 10 nitrogen and oxygen atoms in total. The number of hydrogen-bond donors (Lipinski definition) is 0. The van der Waals surface area contributed by atoms with Crippen LogP contribution in [0.4, 0.5) is 0 Å². The molecule has 1 aromatic rings. The van der Waals surface area contributed by atoms with E-state index in [9.17, 15) is 0 Å². The molecule has 6 bridgehead atoms. The number of epoxide rings is 1. The predicted octanol–water partition coefficient (Wildman–Crippen LogP) is 9.74. The number of methoxy groups -OCH3 is 1. The van der Waals surface area contributed by atoms with Crippen molar-refractivity contribution in [3.05, 3.63) is 58.4 Å². The van der Waals surface area contributed by atoms with Crippen LogP contribution >= 0.6 is 0 Å². The maximum Gasteiger partial charge on any atom is 0.324 e. The number of nitrogens with zero attached hydrogens (tertiary/aromatic N) is 1. The first-order chi connectivity index (χ1) is 28.7. The summed E-state index contributed by atoms with van der Waals surface area (Å²) in [5.74, 6) is 10.4. The number of ketones is 1. The van der Waals surface area contributed by atoms with Crippen molar-refractivity contribution in [3.63, 3.8) is 0 Å². The summed E-state index contributed by atoms with van der Waals surface area (Å²) in [6, 6.07) is 3.24. The molecule has 0 spiro atoms. The molecule has 7 aliphatic rings. The van der Waals surface area contributed by atoms with Crippen molar-refractivity contribution in [1.82, 2.24) is 0 Å². The molecule has 2 saturated heterocycles. The van der Waals surface area contributed by atoms with E-state index in [0.29, 0.717) is 34.1 Å². The van der Waals surface area contributed by atoms with Gasteiger partial charge in [-0.15, -0.1) is 0 Å². The van der Waals surface area contributed by atoms with Crippen molar-refractivity contribution in [3.8, 4) is 35.2 Å². The van der Waals surface area contributed by atoms with Crippen LogP contribution in [0.25, 0.3) is 0 Å².